The van der Waals surface area contributed by atoms with E-state index < -0.39 is 0 Å². The lowest BCUT2D eigenvalue weighted by atomic mass is 10.1. The highest BCUT2D eigenvalue weighted by Gasteiger charge is 2.00. The summed E-state index contributed by atoms with van der Waals surface area (Å²) in [7, 11) is 0. The lowest BCUT2D eigenvalue weighted by Crippen LogP contribution is -1.98. The Morgan fingerprint density at radius 1 is 0.952 bits per heavy atom. The summed E-state index contributed by atoms with van der Waals surface area (Å²) in [4.78, 5) is 11.8. The number of allylic oxidation sites excluding steroid dienone is 2. The summed E-state index contributed by atoms with van der Waals surface area (Å²) in [5.41, 5.74) is 1.25. The Hall–Kier alpha value is -1.37. The number of benzene rings is 1. The van der Waals surface area contributed by atoms with E-state index in [1.807, 2.05) is 18.2 Å². The third kappa shape index (κ3) is 10.1. The molecule has 0 N–H and O–H groups in total. The van der Waals surface area contributed by atoms with Crippen molar-refractivity contribution in [2.24, 2.45) is 0 Å². The minimum atomic E-state index is 0.345. The van der Waals surface area contributed by atoms with Gasteiger partial charge in [0.25, 0.3) is 0 Å². The molecule has 1 aromatic carbocycles. The number of ketones is 1. The fraction of sp³-hybridized carbons (Fsp3) is 0.550. The van der Waals surface area contributed by atoms with Crippen molar-refractivity contribution in [1.82, 2.24) is 0 Å². The molecule has 0 atom stereocenters. The smallest absolute Gasteiger partial charge is 0.136 e. The third-order valence-electron chi connectivity index (χ3n) is 3.77. The highest BCUT2D eigenvalue weighted by Crippen LogP contribution is 2.08. The SMILES string of the molecule is CCCCCCCC/C=C\CC(=O)CCc1ccccc1. The molecule has 0 radical (unpaired) electrons. The van der Waals surface area contributed by atoms with E-state index in [1.165, 1.54) is 44.1 Å². The van der Waals surface area contributed by atoms with Gasteiger partial charge >= 0.3 is 0 Å². The van der Waals surface area contributed by atoms with E-state index in [2.05, 4.69) is 31.2 Å². The lowest BCUT2D eigenvalue weighted by molar-refractivity contribution is -0.118. The van der Waals surface area contributed by atoms with Crippen LogP contribution in [0.4, 0.5) is 0 Å². The maximum Gasteiger partial charge on any atom is 0.136 e. The van der Waals surface area contributed by atoms with Gasteiger partial charge in [0, 0.05) is 12.8 Å². The second-order valence-electron chi connectivity index (χ2n) is 5.76. The molecule has 1 aromatic rings. The Morgan fingerprint density at radius 2 is 1.67 bits per heavy atom. The van der Waals surface area contributed by atoms with Crippen LogP contribution >= 0.6 is 0 Å². The number of hydrogen-bond acceptors (Lipinski definition) is 1. The van der Waals surface area contributed by atoms with Crippen LogP contribution in [0.15, 0.2) is 42.5 Å². The molecule has 1 heteroatoms. The fourth-order valence-corrected chi connectivity index (χ4v) is 2.41. The molecule has 0 aliphatic carbocycles. The minimum absolute atomic E-state index is 0.345. The van der Waals surface area contributed by atoms with Gasteiger partial charge in [-0.25, -0.2) is 0 Å². The molecule has 0 fully saturated rings. The van der Waals surface area contributed by atoms with Crippen LogP contribution in [-0.4, -0.2) is 5.78 Å². The molecular weight excluding hydrogens is 256 g/mol. The molecule has 0 saturated carbocycles. The summed E-state index contributed by atoms with van der Waals surface area (Å²) in [5, 5.41) is 0. The largest absolute Gasteiger partial charge is 0.299 e. The van der Waals surface area contributed by atoms with E-state index >= 15 is 0 Å². The second-order valence-corrected chi connectivity index (χ2v) is 5.76. The van der Waals surface area contributed by atoms with Crippen LogP contribution in [0.2, 0.25) is 0 Å². The van der Waals surface area contributed by atoms with Crippen LogP contribution in [0, 0.1) is 0 Å². The summed E-state index contributed by atoms with van der Waals surface area (Å²) in [6.45, 7) is 2.25. The molecule has 0 aliphatic heterocycles. The van der Waals surface area contributed by atoms with Crippen LogP contribution in [0.5, 0.6) is 0 Å². The number of carbonyl (C=O) groups excluding carboxylic acids is 1. The quantitative estimate of drug-likeness (QED) is 0.346. The molecule has 0 spiro atoms. The topological polar surface area (TPSA) is 17.1 Å². The van der Waals surface area contributed by atoms with Gasteiger partial charge in [-0.3, -0.25) is 4.79 Å². The zero-order valence-corrected chi connectivity index (χ0v) is 13.5. The molecule has 0 amide bonds. The lowest BCUT2D eigenvalue weighted by Gasteiger charge is -1.99. The normalized spacial score (nSPS) is 11.1. The van der Waals surface area contributed by atoms with Gasteiger partial charge in [-0.15, -0.1) is 0 Å². The van der Waals surface area contributed by atoms with Gasteiger partial charge in [0.15, 0.2) is 0 Å². The van der Waals surface area contributed by atoms with Crippen LogP contribution in [-0.2, 0) is 11.2 Å². The number of aryl methyl sites for hydroxylation is 1. The van der Waals surface area contributed by atoms with Crippen molar-refractivity contribution in [3.8, 4) is 0 Å². The van der Waals surface area contributed by atoms with E-state index in [4.69, 9.17) is 0 Å². The first kappa shape index (κ1) is 17.7. The summed E-state index contributed by atoms with van der Waals surface area (Å²) in [6.07, 6.45) is 15.5. The Bertz CT molecular complexity index is 392. The van der Waals surface area contributed by atoms with Gasteiger partial charge in [-0.05, 0) is 24.8 Å². The standard InChI is InChI=1S/C20H30O/c1-2-3-4-5-6-7-8-9-13-16-20(21)18-17-19-14-11-10-12-15-19/h9-15H,2-8,16-18H2,1H3/b13-9-. The molecule has 116 valence electrons. The van der Waals surface area contributed by atoms with E-state index in [1.54, 1.807) is 0 Å². The average Bonchev–Trinajstić information content (AvgIpc) is 2.52. The number of unbranched alkanes of at least 4 members (excludes halogenated alkanes) is 6. The highest BCUT2D eigenvalue weighted by molar-refractivity contribution is 5.80. The monoisotopic (exact) mass is 286 g/mol. The molecule has 1 nitrogen and oxygen atoms in total. The van der Waals surface area contributed by atoms with Crippen LogP contribution < -0.4 is 0 Å². The van der Waals surface area contributed by atoms with Crippen molar-refractivity contribution in [3.63, 3.8) is 0 Å². The number of Topliss-reactive ketones (excluding diaryl/α,β-unsaturated/α-hetero) is 1. The van der Waals surface area contributed by atoms with E-state index in [-0.39, 0.29) is 0 Å². The van der Waals surface area contributed by atoms with Gasteiger partial charge in [0.2, 0.25) is 0 Å². The zero-order valence-electron chi connectivity index (χ0n) is 13.5. The van der Waals surface area contributed by atoms with E-state index in [0.29, 0.717) is 18.6 Å². The minimum Gasteiger partial charge on any atom is -0.299 e. The van der Waals surface area contributed by atoms with Gasteiger partial charge < -0.3 is 0 Å². The molecular formula is C20H30O. The van der Waals surface area contributed by atoms with Crippen LogP contribution in [0.1, 0.15) is 70.3 Å². The average molecular weight is 286 g/mol. The molecule has 0 saturated heterocycles. The molecule has 0 heterocycles. The van der Waals surface area contributed by atoms with Crippen molar-refractivity contribution in [2.45, 2.75) is 71.1 Å². The maximum absolute atomic E-state index is 11.8. The van der Waals surface area contributed by atoms with Crippen LogP contribution in [0.3, 0.4) is 0 Å². The van der Waals surface area contributed by atoms with Crippen molar-refractivity contribution in [2.75, 3.05) is 0 Å². The second kappa shape index (κ2) is 12.4. The number of rotatable bonds is 12. The molecule has 0 aliphatic rings. The Morgan fingerprint density at radius 3 is 2.43 bits per heavy atom. The predicted molar refractivity (Wildman–Crippen MR) is 91.5 cm³/mol. The summed E-state index contributed by atoms with van der Waals surface area (Å²) >= 11 is 0. The first-order valence-electron chi connectivity index (χ1n) is 8.53. The number of carbonyl (C=O) groups is 1. The Labute approximate surface area is 130 Å². The summed E-state index contributed by atoms with van der Waals surface area (Å²) in [5.74, 6) is 0.345. The maximum atomic E-state index is 11.8. The number of hydrogen-bond donors (Lipinski definition) is 0. The predicted octanol–water partition coefficient (Wildman–Crippen LogP) is 5.89. The van der Waals surface area contributed by atoms with Gasteiger partial charge in [-0.1, -0.05) is 81.5 Å². The van der Waals surface area contributed by atoms with Crippen LogP contribution in [0.25, 0.3) is 0 Å². The molecule has 21 heavy (non-hydrogen) atoms. The van der Waals surface area contributed by atoms with Crippen molar-refractivity contribution in [1.29, 1.82) is 0 Å². The molecule has 0 aromatic heterocycles. The van der Waals surface area contributed by atoms with Gasteiger partial charge in [0.1, 0.15) is 5.78 Å². The summed E-state index contributed by atoms with van der Waals surface area (Å²) in [6, 6.07) is 10.2. The van der Waals surface area contributed by atoms with Crippen molar-refractivity contribution >= 4 is 5.78 Å². The molecule has 0 bridgehead atoms. The highest BCUT2D eigenvalue weighted by atomic mass is 16.1. The Kier molecular flexibility index (Phi) is 10.4. The zero-order chi connectivity index (χ0) is 15.2. The van der Waals surface area contributed by atoms with Gasteiger partial charge in [0.05, 0.1) is 0 Å². The fourth-order valence-electron chi connectivity index (χ4n) is 2.41. The van der Waals surface area contributed by atoms with Gasteiger partial charge in [-0.2, -0.15) is 0 Å². The first-order chi connectivity index (χ1) is 10.3. The van der Waals surface area contributed by atoms with E-state index in [9.17, 15) is 4.79 Å². The Balaban J connectivity index is 1.98. The summed E-state index contributed by atoms with van der Waals surface area (Å²) < 4.78 is 0. The molecule has 0 unspecified atom stereocenters. The third-order valence-corrected chi connectivity index (χ3v) is 3.77. The molecule has 1 rings (SSSR count). The van der Waals surface area contributed by atoms with Crippen molar-refractivity contribution in [3.05, 3.63) is 48.0 Å². The first-order valence-corrected chi connectivity index (χ1v) is 8.53. The van der Waals surface area contributed by atoms with E-state index in [0.717, 1.165) is 12.8 Å². The van der Waals surface area contributed by atoms with Crippen molar-refractivity contribution < 1.29 is 4.79 Å².